The molecule has 0 saturated carbocycles. The number of rotatable bonds is 6. The third-order valence-corrected chi connectivity index (χ3v) is 4.94. The summed E-state index contributed by atoms with van der Waals surface area (Å²) in [6, 6.07) is 11.3. The maximum absolute atomic E-state index is 12.3. The Bertz CT molecular complexity index is 1000. The highest BCUT2D eigenvalue weighted by molar-refractivity contribution is 7.90. The van der Waals surface area contributed by atoms with Gasteiger partial charge < -0.3 is 9.73 Å². The molecule has 134 valence electrons. The molecule has 0 saturated heterocycles. The summed E-state index contributed by atoms with van der Waals surface area (Å²) in [5, 5.41) is 9.74. The monoisotopic (exact) mass is 392 g/mol. The van der Waals surface area contributed by atoms with Crippen molar-refractivity contribution >= 4 is 27.3 Å². The van der Waals surface area contributed by atoms with Crippen LogP contribution in [0.25, 0.3) is 0 Å². The van der Waals surface area contributed by atoms with Crippen LogP contribution >= 0.6 is 11.6 Å². The van der Waals surface area contributed by atoms with Crippen molar-refractivity contribution < 1.29 is 17.6 Å². The van der Waals surface area contributed by atoms with Crippen molar-refractivity contribution in [3.8, 4) is 0 Å². The smallest absolute Gasteiger partial charge is 0.335 e. The molecule has 0 aliphatic rings. The number of nitrogens with zero attached hydrogens (tertiary/aromatic N) is 3. The molecular weight excluding hydrogens is 380 g/mol. The summed E-state index contributed by atoms with van der Waals surface area (Å²) in [5.74, 6) is -0.759. The van der Waals surface area contributed by atoms with Gasteiger partial charge in [-0.2, -0.15) is 0 Å². The zero-order valence-electron chi connectivity index (χ0n) is 13.3. The number of hydrogen-bond acceptors (Lipinski definition) is 7. The Morgan fingerprint density at radius 3 is 2.58 bits per heavy atom. The number of pyridine rings is 1. The third kappa shape index (κ3) is 4.44. The van der Waals surface area contributed by atoms with Crippen LogP contribution in [0, 0.1) is 0 Å². The Morgan fingerprint density at radius 2 is 1.88 bits per heavy atom. The van der Waals surface area contributed by atoms with Crippen LogP contribution < -0.4 is 5.32 Å². The van der Waals surface area contributed by atoms with E-state index in [9.17, 15) is 13.2 Å². The van der Waals surface area contributed by atoms with E-state index in [1.165, 1.54) is 6.20 Å². The first-order valence-electron chi connectivity index (χ1n) is 7.43. The summed E-state index contributed by atoms with van der Waals surface area (Å²) < 4.78 is 29.8. The van der Waals surface area contributed by atoms with E-state index in [0.29, 0.717) is 10.6 Å². The molecule has 0 aliphatic heterocycles. The summed E-state index contributed by atoms with van der Waals surface area (Å²) in [7, 11) is -3.80. The molecule has 0 fully saturated rings. The highest BCUT2D eigenvalue weighted by Crippen LogP contribution is 2.17. The summed E-state index contributed by atoms with van der Waals surface area (Å²) in [4.78, 5) is 15.8. The number of sulfone groups is 1. The first-order valence-corrected chi connectivity index (χ1v) is 9.46. The average Bonchev–Trinajstić information content (AvgIpc) is 3.12. The van der Waals surface area contributed by atoms with Crippen molar-refractivity contribution in [1.82, 2.24) is 20.5 Å². The lowest BCUT2D eigenvalue weighted by Gasteiger charge is -2.01. The van der Waals surface area contributed by atoms with E-state index in [0.717, 1.165) is 0 Å². The number of aromatic nitrogens is 3. The van der Waals surface area contributed by atoms with E-state index < -0.39 is 21.0 Å². The average molecular weight is 393 g/mol. The van der Waals surface area contributed by atoms with Gasteiger partial charge in [-0.3, -0.25) is 9.78 Å². The maximum Gasteiger partial charge on any atom is 0.335 e. The Morgan fingerprint density at radius 1 is 1.12 bits per heavy atom. The van der Waals surface area contributed by atoms with Gasteiger partial charge in [0.2, 0.25) is 15.7 Å². The predicted octanol–water partition coefficient (Wildman–Crippen LogP) is 2.02. The first kappa shape index (κ1) is 18.0. The molecule has 2 aromatic heterocycles. The van der Waals surface area contributed by atoms with E-state index in [1.807, 2.05) is 0 Å². The summed E-state index contributed by atoms with van der Waals surface area (Å²) in [6.45, 7) is -0.112. The lowest BCUT2D eigenvalue weighted by Crippen LogP contribution is -2.23. The molecule has 0 radical (unpaired) electrons. The Labute approximate surface area is 154 Å². The second-order valence-corrected chi connectivity index (χ2v) is 7.55. The topological polar surface area (TPSA) is 115 Å². The number of halogens is 1. The van der Waals surface area contributed by atoms with Crippen LogP contribution in [0.2, 0.25) is 5.02 Å². The van der Waals surface area contributed by atoms with Gasteiger partial charge >= 0.3 is 5.22 Å². The second-order valence-electron chi connectivity index (χ2n) is 5.24. The van der Waals surface area contributed by atoms with Crippen LogP contribution in [0.4, 0.5) is 0 Å². The number of amides is 1. The number of benzene rings is 1. The van der Waals surface area contributed by atoms with E-state index in [-0.39, 0.29) is 23.9 Å². The van der Waals surface area contributed by atoms with Crippen LogP contribution in [-0.2, 0) is 22.1 Å². The van der Waals surface area contributed by atoms with Crippen molar-refractivity contribution in [1.29, 1.82) is 0 Å². The first-order chi connectivity index (χ1) is 12.4. The van der Waals surface area contributed by atoms with Gasteiger partial charge in [0.15, 0.2) is 0 Å². The molecule has 0 atom stereocenters. The Kier molecular flexibility index (Phi) is 5.29. The zero-order chi connectivity index (χ0) is 18.6. The second kappa shape index (κ2) is 7.63. The molecule has 0 aliphatic carbocycles. The molecular formula is C16H13ClN4O4S. The number of carbonyl (C=O) groups is 1. The molecule has 3 aromatic rings. The zero-order valence-corrected chi connectivity index (χ0v) is 14.9. The van der Waals surface area contributed by atoms with Crippen LogP contribution in [0.1, 0.15) is 21.9 Å². The van der Waals surface area contributed by atoms with Gasteiger partial charge in [-0.05, 0) is 29.8 Å². The van der Waals surface area contributed by atoms with Crippen molar-refractivity contribution in [3.05, 3.63) is 70.8 Å². The molecule has 2 heterocycles. The Hall–Kier alpha value is -2.78. The molecule has 8 nitrogen and oxygen atoms in total. The van der Waals surface area contributed by atoms with Crippen LogP contribution in [0.3, 0.4) is 0 Å². The number of carbonyl (C=O) groups excluding carboxylic acids is 1. The molecule has 0 spiro atoms. The largest absolute Gasteiger partial charge is 0.411 e. The molecule has 1 amide bonds. The standard InChI is InChI=1S/C16H13ClN4O4S/c17-12-6-4-11(5-7-12)10-26(23,24)16-21-20-14(25-16)9-19-15(22)13-3-1-2-8-18-13/h1-8H,9-10H2,(H,19,22). The lowest BCUT2D eigenvalue weighted by atomic mass is 10.2. The van der Waals surface area contributed by atoms with Crippen LogP contribution in [0.15, 0.2) is 58.3 Å². The predicted molar refractivity (Wildman–Crippen MR) is 92.0 cm³/mol. The summed E-state index contributed by atoms with van der Waals surface area (Å²) in [6.07, 6.45) is 1.49. The van der Waals surface area contributed by atoms with Crippen LogP contribution in [-0.4, -0.2) is 29.5 Å². The van der Waals surface area contributed by atoms with Gasteiger partial charge in [-0.1, -0.05) is 34.9 Å². The minimum absolute atomic E-state index is 0.0241. The van der Waals surface area contributed by atoms with Gasteiger partial charge in [-0.15, -0.1) is 5.10 Å². The molecule has 0 bridgehead atoms. The van der Waals surface area contributed by atoms with E-state index in [1.54, 1.807) is 42.5 Å². The maximum atomic E-state index is 12.3. The summed E-state index contributed by atoms with van der Waals surface area (Å²) in [5.41, 5.74) is 0.764. The normalized spacial score (nSPS) is 11.3. The molecule has 10 heteroatoms. The Balaban J connectivity index is 1.65. The van der Waals surface area contributed by atoms with Gasteiger partial charge in [0.1, 0.15) is 5.69 Å². The minimum atomic E-state index is -3.80. The van der Waals surface area contributed by atoms with Crippen LogP contribution in [0.5, 0.6) is 0 Å². The fourth-order valence-corrected chi connectivity index (χ4v) is 3.31. The molecule has 0 unspecified atom stereocenters. The van der Waals surface area contributed by atoms with E-state index >= 15 is 0 Å². The lowest BCUT2D eigenvalue weighted by molar-refractivity contribution is 0.0941. The molecule has 3 rings (SSSR count). The number of nitrogens with one attached hydrogen (secondary N) is 1. The minimum Gasteiger partial charge on any atom is -0.411 e. The van der Waals surface area contributed by atoms with Crippen molar-refractivity contribution in [2.75, 3.05) is 0 Å². The van der Waals surface area contributed by atoms with Gasteiger partial charge in [0.25, 0.3) is 5.91 Å². The SMILES string of the molecule is O=C(NCc1nnc(S(=O)(=O)Cc2ccc(Cl)cc2)o1)c1ccccn1. The van der Waals surface area contributed by atoms with E-state index in [4.69, 9.17) is 16.0 Å². The number of hydrogen-bond donors (Lipinski definition) is 1. The molecule has 26 heavy (non-hydrogen) atoms. The molecule has 1 N–H and O–H groups in total. The van der Waals surface area contributed by atoms with Gasteiger partial charge in [0.05, 0.1) is 12.3 Å². The van der Waals surface area contributed by atoms with Crippen molar-refractivity contribution in [2.24, 2.45) is 0 Å². The van der Waals surface area contributed by atoms with E-state index in [2.05, 4.69) is 20.5 Å². The highest BCUT2D eigenvalue weighted by atomic mass is 35.5. The summed E-state index contributed by atoms with van der Waals surface area (Å²) >= 11 is 5.78. The quantitative estimate of drug-likeness (QED) is 0.682. The van der Waals surface area contributed by atoms with Gasteiger partial charge in [-0.25, -0.2) is 8.42 Å². The molecule has 1 aromatic carbocycles. The van der Waals surface area contributed by atoms with Crippen molar-refractivity contribution in [3.63, 3.8) is 0 Å². The van der Waals surface area contributed by atoms with Gasteiger partial charge in [0, 0.05) is 11.2 Å². The fourth-order valence-electron chi connectivity index (χ4n) is 2.04. The van der Waals surface area contributed by atoms with Crippen molar-refractivity contribution in [2.45, 2.75) is 17.5 Å². The third-order valence-electron chi connectivity index (χ3n) is 3.28. The highest BCUT2D eigenvalue weighted by Gasteiger charge is 2.23. The fraction of sp³-hybridized carbons (Fsp3) is 0.125.